The third-order valence-electron chi connectivity index (χ3n) is 4.99. The van der Waals surface area contributed by atoms with Crippen LogP contribution in [0.15, 0.2) is 12.2 Å². The van der Waals surface area contributed by atoms with E-state index < -0.39 is 6.03 Å². The number of amides is 4. The number of hydrogen-bond acceptors (Lipinski definition) is 6. The molecule has 24 heavy (non-hydrogen) atoms. The molecule has 4 aliphatic rings. The van der Waals surface area contributed by atoms with E-state index in [0.29, 0.717) is 5.13 Å². The van der Waals surface area contributed by atoms with Gasteiger partial charge in [-0.2, -0.15) is 0 Å². The summed E-state index contributed by atoms with van der Waals surface area (Å²) >= 11 is 1.25. The Morgan fingerprint density at radius 3 is 2.33 bits per heavy atom. The van der Waals surface area contributed by atoms with Gasteiger partial charge < -0.3 is 5.32 Å². The molecule has 8 nitrogen and oxygen atoms in total. The minimum atomic E-state index is -0.511. The molecular weight excluding hydrogens is 330 g/mol. The van der Waals surface area contributed by atoms with Crippen LogP contribution in [0.5, 0.6) is 0 Å². The van der Waals surface area contributed by atoms with E-state index in [1.54, 1.807) is 6.92 Å². The molecule has 126 valence electrons. The van der Waals surface area contributed by atoms with Gasteiger partial charge in [0.2, 0.25) is 16.9 Å². The van der Waals surface area contributed by atoms with Crippen molar-refractivity contribution in [2.24, 2.45) is 23.7 Å². The molecule has 0 unspecified atom stereocenters. The van der Waals surface area contributed by atoms with E-state index in [4.69, 9.17) is 0 Å². The topological polar surface area (TPSA) is 104 Å². The van der Waals surface area contributed by atoms with Crippen LogP contribution in [0.25, 0.3) is 0 Å². The van der Waals surface area contributed by atoms with Crippen molar-refractivity contribution in [3.63, 3.8) is 0 Å². The molecule has 2 fully saturated rings. The number of likely N-dealkylation sites (tertiary alicyclic amines) is 1. The van der Waals surface area contributed by atoms with Gasteiger partial charge >= 0.3 is 6.03 Å². The summed E-state index contributed by atoms with van der Waals surface area (Å²) in [6, 6.07) is -0.511. The Balaban J connectivity index is 1.39. The molecule has 9 heteroatoms. The van der Waals surface area contributed by atoms with E-state index >= 15 is 0 Å². The van der Waals surface area contributed by atoms with Crippen LogP contribution < -0.4 is 10.6 Å². The number of imide groups is 1. The van der Waals surface area contributed by atoms with Gasteiger partial charge in [0.05, 0.1) is 11.8 Å². The van der Waals surface area contributed by atoms with Gasteiger partial charge in [-0.25, -0.2) is 4.79 Å². The Hall–Kier alpha value is -2.29. The van der Waals surface area contributed by atoms with Crippen molar-refractivity contribution in [3.05, 3.63) is 17.2 Å². The fourth-order valence-corrected chi connectivity index (χ4v) is 4.52. The van der Waals surface area contributed by atoms with Gasteiger partial charge in [-0.1, -0.05) is 23.5 Å². The number of anilines is 1. The number of nitrogens with zero attached hydrogens (tertiary/aromatic N) is 3. The molecule has 0 radical (unpaired) electrons. The lowest BCUT2D eigenvalue weighted by molar-refractivity contribution is -0.140. The van der Waals surface area contributed by atoms with Gasteiger partial charge in [0.25, 0.3) is 0 Å². The highest BCUT2D eigenvalue weighted by Crippen LogP contribution is 2.49. The first-order valence-electron chi connectivity index (χ1n) is 7.93. The average molecular weight is 347 g/mol. The number of nitrogens with one attached hydrogen (secondary N) is 2. The van der Waals surface area contributed by atoms with Crippen molar-refractivity contribution in [1.82, 2.24) is 20.4 Å². The molecule has 1 saturated carbocycles. The fraction of sp³-hybridized carbons (Fsp3) is 0.533. The summed E-state index contributed by atoms with van der Waals surface area (Å²) in [6.07, 6.45) is 6.06. The number of carbonyl (C=O) groups excluding carboxylic acids is 3. The number of aryl methyl sites for hydroxylation is 1. The summed E-state index contributed by atoms with van der Waals surface area (Å²) in [7, 11) is 0. The minimum Gasteiger partial charge on any atom is -0.320 e. The molecule has 2 N–H and O–H groups in total. The minimum absolute atomic E-state index is 0.117. The highest BCUT2D eigenvalue weighted by atomic mass is 32.1. The fourth-order valence-electron chi connectivity index (χ4n) is 3.93. The number of rotatable bonds is 3. The monoisotopic (exact) mass is 347 g/mol. The Morgan fingerprint density at radius 1 is 1.21 bits per heavy atom. The van der Waals surface area contributed by atoms with Crippen molar-refractivity contribution in [2.75, 3.05) is 12.0 Å². The quantitative estimate of drug-likeness (QED) is 0.630. The first kappa shape index (κ1) is 15.3. The van der Waals surface area contributed by atoms with Gasteiger partial charge in [-0.15, -0.1) is 10.2 Å². The Labute approximate surface area is 142 Å². The zero-order valence-electron chi connectivity index (χ0n) is 13.1. The molecule has 0 spiro atoms. The predicted octanol–water partition coefficient (Wildman–Crippen LogP) is 1.12. The van der Waals surface area contributed by atoms with Gasteiger partial charge in [0.1, 0.15) is 11.7 Å². The van der Waals surface area contributed by atoms with Gasteiger partial charge in [-0.3, -0.25) is 19.8 Å². The van der Waals surface area contributed by atoms with Crippen LogP contribution in [-0.2, 0) is 9.59 Å². The SMILES string of the molecule is Cc1nnc(NC(=O)NCN2C(=O)[C@@H]3[C@H](C2=O)[C@H]2C=C[C@H]3CC2)s1. The lowest BCUT2D eigenvalue weighted by atomic mass is 9.63. The highest BCUT2D eigenvalue weighted by Gasteiger charge is 2.56. The Bertz CT molecular complexity index is 713. The average Bonchev–Trinajstić information content (AvgIpc) is 3.10. The highest BCUT2D eigenvalue weighted by molar-refractivity contribution is 7.15. The summed E-state index contributed by atoms with van der Waals surface area (Å²) in [5.41, 5.74) is 0. The first-order valence-corrected chi connectivity index (χ1v) is 8.75. The summed E-state index contributed by atoms with van der Waals surface area (Å²) in [5.74, 6) is -0.541. The zero-order valence-corrected chi connectivity index (χ0v) is 13.9. The Kier molecular flexibility index (Phi) is 3.60. The van der Waals surface area contributed by atoms with Gasteiger partial charge in [-0.05, 0) is 31.6 Å². The van der Waals surface area contributed by atoms with Crippen molar-refractivity contribution in [2.45, 2.75) is 19.8 Å². The van der Waals surface area contributed by atoms with E-state index in [9.17, 15) is 14.4 Å². The van der Waals surface area contributed by atoms with Crippen molar-refractivity contribution in [3.8, 4) is 0 Å². The van der Waals surface area contributed by atoms with Crippen molar-refractivity contribution >= 4 is 34.3 Å². The zero-order chi connectivity index (χ0) is 16.8. The van der Waals surface area contributed by atoms with E-state index in [0.717, 1.165) is 17.8 Å². The molecular formula is C15H17N5O3S. The largest absolute Gasteiger partial charge is 0.322 e. The van der Waals surface area contributed by atoms with E-state index in [1.807, 2.05) is 0 Å². The molecule has 1 aromatic rings. The van der Waals surface area contributed by atoms with Gasteiger partial charge in [0, 0.05) is 0 Å². The number of urea groups is 1. The molecule has 1 aromatic heterocycles. The third kappa shape index (κ3) is 2.39. The van der Waals surface area contributed by atoms with E-state index in [1.165, 1.54) is 16.2 Å². The molecule has 1 aliphatic heterocycles. The molecule has 4 atom stereocenters. The second-order valence-corrected chi connectivity index (χ2v) is 7.54. The lowest BCUT2D eigenvalue weighted by Gasteiger charge is -2.38. The maximum Gasteiger partial charge on any atom is 0.322 e. The number of fused-ring (bicyclic) bond motifs is 1. The van der Waals surface area contributed by atoms with E-state index in [2.05, 4.69) is 33.0 Å². The maximum atomic E-state index is 12.6. The van der Waals surface area contributed by atoms with Crippen LogP contribution in [0.3, 0.4) is 0 Å². The molecule has 2 heterocycles. The summed E-state index contributed by atoms with van der Waals surface area (Å²) in [6.45, 7) is 1.67. The molecule has 0 aromatic carbocycles. The molecule has 3 aliphatic carbocycles. The molecule has 1 saturated heterocycles. The van der Waals surface area contributed by atoms with Crippen LogP contribution >= 0.6 is 11.3 Å². The van der Waals surface area contributed by atoms with Crippen LogP contribution in [0.4, 0.5) is 9.93 Å². The van der Waals surface area contributed by atoms with Crippen LogP contribution in [0, 0.1) is 30.6 Å². The number of allylic oxidation sites excluding steroid dienone is 2. The second kappa shape index (κ2) is 5.66. The first-order chi connectivity index (χ1) is 11.5. The maximum absolute atomic E-state index is 12.6. The lowest BCUT2D eigenvalue weighted by Crippen LogP contribution is -2.43. The van der Waals surface area contributed by atoms with Crippen LogP contribution in [0.2, 0.25) is 0 Å². The molecule has 2 bridgehead atoms. The smallest absolute Gasteiger partial charge is 0.320 e. The van der Waals surface area contributed by atoms with Gasteiger partial charge in [0.15, 0.2) is 0 Å². The standard InChI is InChI=1S/C15H17N5O3S/c1-7-18-19-15(24-7)17-14(23)16-6-20-12(21)10-8-2-3-9(5-4-8)11(10)13(20)22/h2-3,8-11H,4-6H2,1H3,(H2,16,17,19,23)/t8-,9-,10-,11+/m0/s1. The second-order valence-electron chi connectivity index (χ2n) is 6.36. The van der Waals surface area contributed by atoms with E-state index in [-0.39, 0.29) is 42.2 Å². The predicted molar refractivity (Wildman–Crippen MR) is 85.9 cm³/mol. The number of hydrogen-bond donors (Lipinski definition) is 2. The van der Waals surface area contributed by atoms with Crippen molar-refractivity contribution in [1.29, 1.82) is 0 Å². The normalized spacial score (nSPS) is 30.6. The Morgan fingerprint density at radius 2 is 1.83 bits per heavy atom. The van der Waals surface area contributed by atoms with Crippen molar-refractivity contribution < 1.29 is 14.4 Å². The third-order valence-corrected chi connectivity index (χ3v) is 5.75. The number of aromatic nitrogens is 2. The molecule has 4 amide bonds. The van der Waals surface area contributed by atoms with Crippen LogP contribution in [-0.4, -0.2) is 39.6 Å². The number of carbonyl (C=O) groups is 3. The molecule has 5 rings (SSSR count). The summed E-state index contributed by atoms with van der Waals surface area (Å²) < 4.78 is 0. The van der Waals surface area contributed by atoms with Crippen LogP contribution in [0.1, 0.15) is 17.8 Å². The summed E-state index contributed by atoms with van der Waals surface area (Å²) in [4.78, 5) is 38.3. The summed E-state index contributed by atoms with van der Waals surface area (Å²) in [5, 5.41) is 13.8.